The predicted molar refractivity (Wildman–Crippen MR) is 114 cm³/mol. The van der Waals surface area contributed by atoms with Gasteiger partial charge in [0.1, 0.15) is 5.82 Å². The second kappa shape index (κ2) is 8.12. The van der Waals surface area contributed by atoms with Gasteiger partial charge in [-0.3, -0.25) is 9.69 Å². The molecule has 154 valence electrons. The minimum atomic E-state index is 0.0324. The molecule has 1 aromatic heterocycles. The summed E-state index contributed by atoms with van der Waals surface area (Å²) in [6.45, 7) is 10.8. The largest absolute Gasteiger partial charge is 0.454 e. The molecule has 0 N–H and O–H groups in total. The standard InChI is InChI=1S/C21H26N4O3S/c1-4-25-14(2)19(15(3)26)20(22-21(25)29)24-9-7-23(8-10-24)12-16-5-6-17-18(11-16)28-13-27-17/h5-6,11H,4,7-10,12-13H2,1-3H3. The molecule has 2 aliphatic rings. The van der Waals surface area contributed by atoms with Crippen LogP contribution in [0.1, 0.15) is 35.5 Å². The topological polar surface area (TPSA) is 59.8 Å². The van der Waals surface area contributed by atoms with Crippen molar-refractivity contribution in [1.29, 1.82) is 0 Å². The van der Waals surface area contributed by atoms with E-state index in [1.807, 2.05) is 24.5 Å². The molecule has 0 radical (unpaired) electrons. The van der Waals surface area contributed by atoms with Gasteiger partial charge in [-0.25, -0.2) is 4.98 Å². The van der Waals surface area contributed by atoms with Gasteiger partial charge in [0.05, 0.1) is 5.56 Å². The lowest BCUT2D eigenvalue weighted by Gasteiger charge is -2.36. The van der Waals surface area contributed by atoms with E-state index in [1.54, 1.807) is 6.92 Å². The third kappa shape index (κ3) is 3.86. The SMILES string of the molecule is CCn1c(C)c(C(C)=O)c(N2CCN(Cc3ccc4c(c3)OCO4)CC2)nc1=S. The Morgan fingerprint density at radius 1 is 1.17 bits per heavy atom. The lowest BCUT2D eigenvalue weighted by atomic mass is 10.1. The number of carbonyl (C=O) groups is 1. The van der Waals surface area contributed by atoms with Crippen molar-refractivity contribution in [3.8, 4) is 11.5 Å². The number of Topliss-reactive ketones (excluding diaryl/α,β-unsaturated/α-hetero) is 1. The van der Waals surface area contributed by atoms with Crippen molar-refractivity contribution in [2.75, 3.05) is 37.9 Å². The first-order valence-corrected chi connectivity index (χ1v) is 10.4. The summed E-state index contributed by atoms with van der Waals surface area (Å²) in [4.78, 5) is 21.6. The summed E-state index contributed by atoms with van der Waals surface area (Å²) in [6.07, 6.45) is 0. The summed E-state index contributed by atoms with van der Waals surface area (Å²) < 4.78 is 13.3. The molecule has 1 fully saturated rings. The van der Waals surface area contributed by atoms with Crippen LogP contribution in [0.4, 0.5) is 5.82 Å². The van der Waals surface area contributed by atoms with Crippen molar-refractivity contribution in [3.63, 3.8) is 0 Å². The highest BCUT2D eigenvalue weighted by molar-refractivity contribution is 7.71. The zero-order chi connectivity index (χ0) is 20.5. The number of aromatic nitrogens is 2. The van der Waals surface area contributed by atoms with Gasteiger partial charge in [-0.15, -0.1) is 0 Å². The molecule has 0 spiro atoms. The van der Waals surface area contributed by atoms with E-state index in [1.165, 1.54) is 5.56 Å². The monoisotopic (exact) mass is 414 g/mol. The number of ketones is 1. The fraction of sp³-hybridized carbons (Fsp3) is 0.476. The highest BCUT2D eigenvalue weighted by Gasteiger charge is 2.25. The van der Waals surface area contributed by atoms with E-state index < -0.39 is 0 Å². The van der Waals surface area contributed by atoms with E-state index in [9.17, 15) is 4.79 Å². The van der Waals surface area contributed by atoms with Gasteiger partial charge < -0.3 is 18.9 Å². The summed E-state index contributed by atoms with van der Waals surface area (Å²) in [5.41, 5.74) is 2.79. The molecular weight excluding hydrogens is 388 g/mol. The third-order valence-corrected chi connectivity index (χ3v) is 5.92. The fourth-order valence-electron chi connectivity index (χ4n) is 4.08. The van der Waals surface area contributed by atoms with E-state index in [0.29, 0.717) is 23.7 Å². The molecule has 3 heterocycles. The van der Waals surface area contributed by atoms with Crippen molar-refractivity contribution >= 4 is 23.8 Å². The fourth-order valence-corrected chi connectivity index (χ4v) is 4.43. The van der Waals surface area contributed by atoms with Gasteiger partial charge in [-0.2, -0.15) is 0 Å². The van der Waals surface area contributed by atoms with E-state index in [4.69, 9.17) is 21.7 Å². The van der Waals surface area contributed by atoms with Crippen molar-refractivity contribution in [3.05, 3.63) is 39.8 Å². The van der Waals surface area contributed by atoms with Crippen molar-refractivity contribution in [1.82, 2.24) is 14.5 Å². The molecular formula is C21H26N4O3S. The van der Waals surface area contributed by atoms with Gasteiger partial charge in [0.15, 0.2) is 17.3 Å². The average Bonchev–Trinajstić information content (AvgIpc) is 3.16. The van der Waals surface area contributed by atoms with Gasteiger partial charge in [0, 0.05) is 45.0 Å². The number of piperazine rings is 1. The predicted octanol–water partition coefficient (Wildman–Crippen LogP) is 3.19. The molecule has 2 aromatic rings. The van der Waals surface area contributed by atoms with Crippen LogP contribution in [0.3, 0.4) is 0 Å². The Hall–Kier alpha value is -2.45. The van der Waals surface area contributed by atoms with Crippen LogP contribution >= 0.6 is 12.2 Å². The zero-order valence-corrected chi connectivity index (χ0v) is 17.9. The maximum Gasteiger partial charge on any atom is 0.231 e. The molecule has 0 atom stereocenters. The normalized spacial score (nSPS) is 16.3. The summed E-state index contributed by atoms with van der Waals surface area (Å²) in [5.74, 6) is 2.39. The van der Waals surface area contributed by atoms with Crippen molar-refractivity contribution in [2.24, 2.45) is 0 Å². The molecule has 2 aliphatic heterocycles. The van der Waals surface area contributed by atoms with Gasteiger partial charge in [0.2, 0.25) is 11.6 Å². The van der Waals surface area contributed by atoms with Crippen LogP contribution in [0.15, 0.2) is 18.2 Å². The second-order valence-electron chi connectivity index (χ2n) is 7.43. The molecule has 7 nitrogen and oxygen atoms in total. The first-order chi connectivity index (χ1) is 14.0. The molecule has 0 bridgehead atoms. The van der Waals surface area contributed by atoms with Crippen molar-refractivity contribution in [2.45, 2.75) is 33.9 Å². The molecule has 0 amide bonds. The summed E-state index contributed by atoms with van der Waals surface area (Å²) >= 11 is 5.47. The Kier molecular flexibility index (Phi) is 5.56. The van der Waals surface area contributed by atoms with Crippen LogP contribution in [-0.4, -0.2) is 53.2 Å². The minimum Gasteiger partial charge on any atom is -0.454 e. The van der Waals surface area contributed by atoms with Crippen LogP contribution in [0.2, 0.25) is 0 Å². The van der Waals surface area contributed by atoms with E-state index >= 15 is 0 Å². The summed E-state index contributed by atoms with van der Waals surface area (Å²) in [6, 6.07) is 6.11. The quantitative estimate of drug-likeness (QED) is 0.550. The van der Waals surface area contributed by atoms with Gasteiger partial charge in [-0.05, 0) is 50.7 Å². The average molecular weight is 415 g/mol. The molecule has 1 aromatic carbocycles. The van der Waals surface area contributed by atoms with Gasteiger partial charge in [0.25, 0.3) is 0 Å². The molecule has 0 saturated carbocycles. The van der Waals surface area contributed by atoms with Crippen LogP contribution in [-0.2, 0) is 13.1 Å². The number of benzene rings is 1. The highest BCUT2D eigenvalue weighted by Crippen LogP contribution is 2.33. The van der Waals surface area contributed by atoms with Gasteiger partial charge >= 0.3 is 0 Å². The Morgan fingerprint density at radius 2 is 1.90 bits per heavy atom. The van der Waals surface area contributed by atoms with Crippen LogP contribution in [0.5, 0.6) is 11.5 Å². The number of carbonyl (C=O) groups excluding carboxylic acids is 1. The smallest absolute Gasteiger partial charge is 0.231 e. The Bertz CT molecular complexity index is 996. The number of anilines is 1. The first-order valence-electron chi connectivity index (χ1n) is 9.96. The van der Waals surface area contributed by atoms with E-state index in [0.717, 1.165) is 55.7 Å². The first kappa shape index (κ1) is 19.8. The number of nitrogens with zero attached hydrogens (tertiary/aromatic N) is 4. The minimum absolute atomic E-state index is 0.0324. The van der Waals surface area contributed by atoms with E-state index in [-0.39, 0.29) is 5.78 Å². The van der Waals surface area contributed by atoms with Crippen LogP contribution in [0, 0.1) is 11.7 Å². The lowest BCUT2D eigenvalue weighted by Crippen LogP contribution is -2.47. The van der Waals surface area contributed by atoms with Crippen LogP contribution in [0.25, 0.3) is 0 Å². The lowest BCUT2D eigenvalue weighted by molar-refractivity contribution is 0.101. The maximum atomic E-state index is 12.4. The molecule has 4 rings (SSSR count). The molecule has 8 heteroatoms. The number of hydrogen-bond donors (Lipinski definition) is 0. The second-order valence-corrected chi connectivity index (χ2v) is 7.79. The molecule has 1 saturated heterocycles. The van der Waals surface area contributed by atoms with Crippen LogP contribution < -0.4 is 14.4 Å². The van der Waals surface area contributed by atoms with Gasteiger partial charge in [-0.1, -0.05) is 6.07 Å². The third-order valence-electron chi connectivity index (χ3n) is 5.61. The Balaban J connectivity index is 1.48. The summed E-state index contributed by atoms with van der Waals surface area (Å²) in [7, 11) is 0. The number of ether oxygens (including phenoxy) is 2. The number of fused-ring (bicyclic) bond motifs is 1. The molecule has 29 heavy (non-hydrogen) atoms. The Labute approximate surface area is 175 Å². The molecule has 0 unspecified atom stereocenters. The van der Waals surface area contributed by atoms with E-state index in [2.05, 4.69) is 26.9 Å². The molecule has 0 aliphatic carbocycles. The number of hydrogen-bond acceptors (Lipinski definition) is 7. The zero-order valence-electron chi connectivity index (χ0n) is 17.1. The maximum absolute atomic E-state index is 12.4. The Morgan fingerprint density at radius 3 is 2.59 bits per heavy atom. The highest BCUT2D eigenvalue weighted by atomic mass is 32.1. The summed E-state index contributed by atoms with van der Waals surface area (Å²) in [5, 5.41) is 0. The van der Waals surface area contributed by atoms with Crippen molar-refractivity contribution < 1.29 is 14.3 Å². The number of rotatable bonds is 5.